The number of ether oxygens (including phenoxy) is 1. The minimum atomic E-state index is -4.00. The summed E-state index contributed by atoms with van der Waals surface area (Å²) < 4.78 is 54.9. The first kappa shape index (κ1) is 25.5. The van der Waals surface area contributed by atoms with Gasteiger partial charge in [-0.1, -0.05) is 6.07 Å². The van der Waals surface area contributed by atoms with E-state index in [1.807, 2.05) is 0 Å². The Bertz CT molecular complexity index is 1180. The SMILES string of the molecule is COc1ccc(S(N)(=O)=O)cc1C(=O)N1CCN(C(=O)CC(N)Cc2ccc(F)c(F)c2)CC1. The summed E-state index contributed by atoms with van der Waals surface area (Å²) in [6.45, 7) is 0.983. The fourth-order valence-electron chi connectivity index (χ4n) is 3.76. The monoisotopic (exact) mass is 496 g/mol. The van der Waals surface area contributed by atoms with Gasteiger partial charge in [-0.05, 0) is 42.3 Å². The molecular weight excluding hydrogens is 470 g/mol. The molecule has 1 fully saturated rings. The fourth-order valence-corrected chi connectivity index (χ4v) is 4.30. The molecule has 1 atom stereocenters. The normalized spacial score (nSPS) is 15.2. The smallest absolute Gasteiger partial charge is 0.257 e. The van der Waals surface area contributed by atoms with E-state index in [0.717, 1.165) is 12.1 Å². The minimum absolute atomic E-state index is 0.0111. The van der Waals surface area contributed by atoms with Crippen LogP contribution in [0.1, 0.15) is 22.3 Å². The molecule has 2 aromatic carbocycles. The molecule has 1 aliphatic rings. The van der Waals surface area contributed by atoms with Crippen molar-refractivity contribution in [2.24, 2.45) is 10.9 Å². The third kappa shape index (κ3) is 6.07. The van der Waals surface area contributed by atoms with Crippen molar-refractivity contribution in [2.75, 3.05) is 33.3 Å². The molecule has 4 N–H and O–H groups in total. The van der Waals surface area contributed by atoms with Gasteiger partial charge in [-0.25, -0.2) is 22.3 Å². The molecule has 3 rings (SSSR count). The van der Waals surface area contributed by atoms with Gasteiger partial charge < -0.3 is 20.3 Å². The number of sulfonamides is 1. The van der Waals surface area contributed by atoms with E-state index in [2.05, 4.69) is 0 Å². The number of carbonyl (C=O) groups is 2. The predicted octanol–water partition coefficient (Wildman–Crippen LogP) is 0.865. The third-order valence-corrected chi connectivity index (χ3v) is 6.48. The lowest BCUT2D eigenvalue weighted by Crippen LogP contribution is -2.51. The van der Waals surface area contributed by atoms with E-state index in [4.69, 9.17) is 15.6 Å². The van der Waals surface area contributed by atoms with Crippen LogP contribution in [0.15, 0.2) is 41.3 Å². The van der Waals surface area contributed by atoms with Crippen LogP contribution in [0, 0.1) is 11.6 Å². The van der Waals surface area contributed by atoms with E-state index in [1.165, 1.54) is 36.3 Å². The van der Waals surface area contributed by atoms with E-state index in [0.29, 0.717) is 5.56 Å². The van der Waals surface area contributed by atoms with Gasteiger partial charge in [0.05, 0.1) is 17.6 Å². The number of hydrogen-bond donors (Lipinski definition) is 2. The number of halogens is 2. The second kappa shape index (κ2) is 10.5. The summed E-state index contributed by atoms with van der Waals surface area (Å²) in [4.78, 5) is 28.5. The Kier molecular flexibility index (Phi) is 7.85. The summed E-state index contributed by atoms with van der Waals surface area (Å²) in [6, 6.07) is 6.71. The molecule has 9 nitrogen and oxygen atoms in total. The Morgan fingerprint density at radius 3 is 2.26 bits per heavy atom. The molecule has 1 saturated heterocycles. The number of hydrogen-bond acceptors (Lipinski definition) is 6. The van der Waals surface area contributed by atoms with Gasteiger partial charge in [-0.2, -0.15) is 0 Å². The van der Waals surface area contributed by atoms with Crippen LogP contribution in [-0.4, -0.2) is 69.4 Å². The van der Waals surface area contributed by atoms with Crippen LogP contribution in [0.5, 0.6) is 5.75 Å². The van der Waals surface area contributed by atoms with Crippen molar-refractivity contribution >= 4 is 21.8 Å². The molecule has 2 amide bonds. The lowest BCUT2D eigenvalue weighted by molar-refractivity contribution is -0.133. The Hall–Kier alpha value is -3.09. The highest BCUT2D eigenvalue weighted by atomic mass is 32.2. The van der Waals surface area contributed by atoms with Crippen molar-refractivity contribution in [1.82, 2.24) is 9.80 Å². The first-order valence-corrected chi connectivity index (χ1v) is 12.0. The van der Waals surface area contributed by atoms with Crippen LogP contribution >= 0.6 is 0 Å². The van der Waals surface area contributed by atoms with Crippen LogP contribution in [-0.2, 0) is 21.2 Å². The number of rotatable bonds is 7. The zero-order valence-electron chi connectivity index (χ0n) is 18.5. The van der Waals surface area contributed by atoms with Gasteiger partial charge in [-0.3, -0.25) is 9.59 Å². The average Bonchev–Trinajstić information content (AvgIpc) is 2.80. The van der Waals surface area contributed by atoms with Crippen LogP contribution < -0.4 is 15.6 Å². The zero-order chi connectivity index (χ0) is 25.0. The minimum Gasteiger partial charge on any atom is -0.496 e. The number of amides is 2. The molecule has 184 valence electrons. The maximum atomic E-state index is 13.4. The molecule has 1 aliphatic heterocycles. The number of primary sulfonamides is 1. The van der Waals surface area contributed by atoms with E-state index >= 15 is 0 Å². The van der Waals surface area contributed by atoms with Gasteiger partial charge in [-0.15, -0.1) is 0 Å². The number of carbonyl (C=O) groups excluding carboxylic acids is 2. The summed E-state index contributed by atoms with van der Waals surface area (Å²) in [5, 5.41) is 5.17. The van der Waals surface area contributed by atoms with Gasteiger partial charge in [0.25, 0.3) is 5.91 Å². The highest BCUT2D eigenvalue weighted by Gasteiger charge is 2.28. The molecule has 0 aliphatic carbocycles. The van der Waals surface area contributed by atoms with E-state index in [-0.39, 0.29) is 61.1 Å². The number of piperazine rings is 1. The van der Waals surface area contributed by atoms with Gasteiger partial charge >= 0.3 is 0 Å². The number of methoxy groups -OCH3 is 1. The second-order valence-electron chi connectivity index (χ2n) is 8.00. The molecule has 2 aromatic rings. The molecule has 0 aromatic heterocycles. The number of nitrogens with zero attached hydrogens (tertiary/aromatic N) is 2. The van der Waals surface area contributed by atoms with Crippen molar-refractivity contribution in [3.63, 3.8) is 0 Å². The van der Waals surface area contributed by atoms with Gasteiger partial charge in [0.2, 0.25) is 15.9 Å². The first-order chi connectivity index (χ1) is 16.0. The molecule has 0 saturated carbocycles. The maximum absolute atomic E-state index is 13.4. The molecule has 0 bridgehead atoms. The topological polar surface area (TPSA) is 136 Å². The maximum Gasteiger partial charge on any atom is 0.257 e. The van der Waals surface area contributed by atoms with E-state index < -0.39 is 33.6 Å². The molecule has 0 radical (unpaired) electrons. The van der Waals surface area contributed by atoms with Crippen molar-refractivity contribution < 1.29 is 31.5 Å². The highest BCUT2D eigenvalue weighted by Crippen LogP contribution is 2.24. The van der Waals surface area contributed by atoms with Gasteiger partial charge in [0, 0.05) is 38.6 Å². The first-order valence-electron chi connectivity index (χ1n) is 10.5. The predicted molar refractivity (Wildman–Crippen MR) is 120 cm³/mol. The Labute approximate surface area is 196 Å². The number of nitrogens with two attached hydrogens (primary N) is 2. The van der Waals surface area contributed by atoms with Crippen LogP contribution in [0.3, 0.4) is 0 Å². The molecule has 12 heteroatoms. The summed E-state index contributed by atoms with van der Waals surface area (Å²) in [7, 11) is -2.64. The van der Waals surface area contributed by atoms with Gasteiger partial charge in [0.1, 0.15) is 5.75 Å². The molecule has 0 spiro atoms. The van der Waals surface area contributed by atoms with E-state index in [9.17, 15) is 26.8 Å². The Morgan fingerprint density at radius 1 is 1.03 bits per heavy atom. The summed E-state index contributed by atoms with van der Waals surface area (Å²) >= 11 is 0. The quantitative estimate of drug-likeness (QED) is 0.584. The second-order valence-corrected chi connectivity index (χ2v) is 9.56. The third-order valence-electron chi connectivity index (χ3n) is 5.57. The molecular formula is C22H26F2N4O5S. The van der Waals surface area contributed by atoms with Crippen molar-refractivity contribution in [1.29, 1.82) is 0 Å². The molecule has 1 heterocycles. The van der Waals surface area contributed by atoms with Crippen LogP contribution in [0.4, 0.5) is 8.78 Å². The number of benzene rings is 2. The molecule has 1 unspecified atom stereocenters. The van der Waals surface area contributed by atoms with Crippen LogP contribution in [0.25, 0.3) is 0 Å². The standard InChI is InChI=1S/C22H26F2N4O5S/c1-33-20-5-3-16(34(26,31)32)13-17(20)22(30)28-8-6-27(7-9-28)21(29)12-15(25)10-14-2-4-18(23)19(24)11-14/h2-5,11,13,15H,6-10,12,25H2,1H3,(H2,26,31,32). The zero-order valence-corrected chi connectivity index (χ0v) is 19.4. The largest absolute Gasteiger partial charge is 0.496 e. The lowest BCUT2D eigenvalue weighted by atomic mass is 10.0. The lowest BCUT2D eigenvalue weighted by Gasteiger charge is -2.35. The molecule has 34 heavy (non-hydrogen) atoms. The van der Waals surface area contributed by atoms with Crippen LogP contribution in [0.2, 0.25) is 0 Å². The van der Waals surface area contributed by atoms with Gasteiger partial charge in [0.15, 0.2) is 11.6 Å². The van der Waals surface area contributed by atoms with E-state index in [1.54, 1.807) is 4.90 Å². The summed E-state index contributed by atoms with van der Waals surface area (Å²) in [6.07, 6.45) is 0.221. The average molecular weight is 497 g/mol. The van der Waals surface area contributed by atoms with Crippen molar-refractivity contribution in [3.8, 4) is 5.75 Å². The Morgan fingerprint density at radius 2 is 1.68 bits per heavy atom. The Balaban J connectivity index is 1.58. The fraction of sp³-hybridized carbons (Fsp3) is 0.364. The summed E-state index contributed by atoms with van der Waals surface area (Å²) in [5.74, 6) is -2.36. The van der Waals surface area contributed by atoms with Crippen molar-refractivity contribution in [3.05, 3.63) is 59.2 Å². The van der Waals surface area contributed by atoms with Crippen molar-refractivity contribution in [2.45, 2.75) is 23.8 Å². The highest BCUT2D eigenvalue weighted by molar-refractivity contribution is 7.89. The summed E-state index contributed by atoms with van der Waals surface area (Å²) in [5.41, 5.74) is 6.58.